The van der Waals surface area contributed by atoms with E-state index in [4.69, 9.17) is 24.3 Å². The molecule has 0 aliphatic heterocycles. The first kappa shape index (κ1) is 82.6. The standard InChI is InChI=1S/C77H128NO8P/c1-3-5-7-9-11-13-15-17-19-21-23-25-27-29-31-33-35-36-37-38-40-42-44-46-48-50-52-54-56-58-60-62-64-66-68-70-77(80)86-75(74-85-87(81,82)84-72-71-78)73-83-76(79)69-67-65-63-61-59-57-55-53-51-49-47-45-43-41-39-34-32-30-28-26-24-22-20-18-16-14-12-10-8-6-4-2/h5,7,11,13,16-19,22-25,28-31,35-36,38,40,44,46,50,52,56,58,75H,3-4,6,8-10,12,14-15,20-21,26-27,32-34,37,39,41-43,45,47-49,51,53-55,57,59-74,78H2,1-2H3,(H,81,82)/b7-5-,13-11-,18-16-,19-17-,24-22-,25-23-,30-28-,31-29-,36-35-,40-38-,46-44-,52-50-,58-56-. The van der Waals surface area contributed by atoms with E-state index >= 15 is 0 Å². The van der Waals surface area contributed by atoms with E-state index in [2.05, 4.69) is 172 Å². The van der Waals surface area contributed by atoms with Crippen LogP contribution in [0.25, 0.3) is 0 Å². The van der Waals surface area contributed by atoms with Gasteiger partial charge >= 0.3 is 19.8 Å². The van der Waals surface area contributed by atoms with E-state index in [0.29, 0.717) is 6.42 Å². The van der Waals surface area contributed by atoms with Gasteiger partial charge in [0.25, 0.3) is 0 Å². The van der Waals surface area contributed by atoms with Crippen molar-refractivity contribution in [3.63, 3.8) is 0 Å². The fraction of sp³-hybridized carbons (Fsp3) is 0.636. The van der Waals surface area contributed by atoms with Crippen LogP contribution in [-0.4, -0.2) is 49.3 Å². The summed E-state index contributed by atoms with van der Waals surface area (Å²) in [6, 6.07) is 0. The summed E-state index contributed by atoms with van der Waals surface area (Å²) in [6.45, 7) is 3.59. The lowest BCUT2D eigenvalue weighted by atomic mass is 10.0. The van der Waals surface area contributed by atoms with E-state index in [1.807, 2.05) is 0 Å². The van der Waals surface area contributed by atoms with Gasteiger partial charge in [0.05, 0.1) is 13.2 Å². The zero-order chi connectivity index (χ0) is 63.0. The zero-order valence-corrected chi connectivity index (χ0v) is 56.3. The van der Waals surface area contributed by atoms with Gasteiger partial charge in [-0.25, -0.2) is 4.57 Å². The van der Waals surface area contributed by atoms with Gasteiger partial charge < -0.3 is 20.1 Å². The van der Waals surface area contributed by atoms with E-state index < -0.39 is 32.5 Å². The molecule has 0 rings (SSSR count). The molecule has 0 aromatic rings. The third kappa shape index (κ3) is 70.6. The van der Waals surface area contributed by atoms with Gasteiger partial charge in [0.15, 0.2) is 6.10 Å². The van der Waals surface area contributed by atoms with Crippen molar-refractivity contribution < 1.29 is 37.6 Å². The lowest BCUT2D eigenvalue weighted by Crippen LogP contribution is -2.29. The van der Waals surface area contributed by atoms with Crippen LogP contribution in [0.2, 0.25) is 0 Å². The molecule has 0 saturated carbocycles. The highest BCUT2D eigenvalue weighted by molar-refractivity contribution is 7.47. The van der Waals surface area contributed by atoms with Gasteiger partial charge in [-0.3, -0.25) is 18.6 Å². The Morgan fingerprint density at radius 1 is 0.356 bits per heavy atom. The fourth-order valence-corrected chi connectivity index (χ4v) is 10.0. The van der Waals surface area contributed by atoms with Crippen molar-refractivity contribution in [3.8, 4) is 0 Å². The van der Waals surface area contributed by atoms with Crippen molar-refractivity contribution in [3.05, 3.63) is 158 Å². The smallest absolute Gasteiger partial charge is 0.462 e. The summed E-state index contributed by atoms with van der Waals surface area (Å²) in [4.78, 5) is 35.4. The van der Waals surface area contributed by atoms with E-state index in [1.54, 1.807) is 0 Å². The van der Waals surface area contributed by atoms with E-state index in [0.717, 1.165) is 122 Å². The van der Waals surface area contributed by atoms with Gasteiger partial charge in [-0.2, -0.15) is 0 Å². The van der Waals surface area contributed by atoms with Crippen molar-refractivity contribution in [2.45, 2.75) is 290 Å². The molecule has 0 aliphatic rings. The van der Waals surface area contributed by atoms with Crippen molar-refractivity contribution in [2.75, 3.05) is 26.4 Å². The van der Waals surface area contributed by atoms with Gasteiger partial charge in [-0.05, 0) is 128 Å². The molecule has 0 bridgehead atoms. The Labute approximate surface area is 534 Å². The number of carbonyl (C=O) groups is 2. The number of hydrogen-bond donors (Lipinski definition) is 2. The molecule has 0 aromatic carbocycles. The second kappa shape index (κ2) is 70.7. The van der Waals surface area contributed by atoms with Crippen LogP contribution in [0.3, 0.4) is 0 Å². The largest absolute Gasteiger partial charge is 0.472 e. The summed E-state index contributed by atoms with van der Waals surface area (Å²) >= 11 is 0. The molecule has 0 amide bonds. The van der Waals surface area contributed by atoms with Crippen LogP contribution in [0, 0.1) is 0 Å². The Hall–Kier alpha value is -4.37. The minimum Gasteiger partial charge on any atom is -0.462 e. The Morgan fingerprint density at radius 3 is 0.943 bits per heavy atom. The molecular formula is C77H128NO8P. The van der Waals surface area contributed by atoms with Gasteiger partial charge in [-0.15, -0.1) is 0 Å². The number of nitrogens with two attached hydrogens (primary N) is 1. The highest BCUT2D eigenvalue weighted by Gasteiger charge is 2.26. The minimum absolute atomic E-state index is 0.0413. The SMILES string of the molecule is CC/C=C\C/C=C\C/C=C\C/C=C\C/C=C\C/C=C\C/C=C\C/C=C\C/C=C\C/C=C\CCCCCCC(=O)OC(COC(=O)CCCCCCCCCCCCCCCCCC/C=C\C/C=C\C/C=C\CCCCCCC)COP(=O)(O)OCCN. The van der Waals surface area contributed by atoms with Gasteiger partial charge in [0, 0.05) is 19.4 Å². The number of allylic oxidation sites excluding steroid dienone is 26. The normalized spacial score (nSPS) is 13.9. The van der Waals surface area contributed by atoms with Gasteiger partial charge in [-0.1, -0.05) is 300 Å². The number of unbranched alkanes of at least 4 members (excludes halogenated alkanes) is 25. The molecule has 10 heteroatoms. The molecule has 0 aromatic heterocycles. The fourth-order valence-electron chi connectivity index (χ4n) is 9.26. The van der Waals surface area contributed by atoms with E-state index in [1.165, 1.54) is 128 Å². The average Bonchev–Trinajstić information content (AvgIpc) is 3.64. The summed E-state index contributed by atoms with van der Waals surface area (Å²) in [5.41, 5.74) is 5.40. The van der Waals surface area contributed by atoms with Gasteiger partial charge in [0.2, 0.25) is 0 Å². The highest BCUT2D eigenvalue weighted by atomic mass is 31.2. The molecule has 0 fully saturated rings. The minimum atomic E-state index is -4.41. The number of phosphoric ester groups is 1. The van der Waals surface area contributed by atoms with Crippen LogP contribution >= 0.6 is 7.82 Å². The second-order valence-corrected chi connectivity index (χ2v) is 24.1. The first-order valence-electron chi connectivity index (χ1n) is 35.0. The van der Waals surface area contributed by atoms with Crippen LogP contribution < -0.4 is 5.73 Å². The topological polar surface area (TPSA) is 134 Å². The number of phosphoric acid groups is 1. The summed E-state index contributed by atoms with van der Waals surface area (Å²) in [6.07, 6.45) is 103. The maximum absolute atomic E-state index is 12.8. The predicted molar refractivity (Wildman–Crippen MR) is 376 cm³/mol. The van der Waals surface area contributed by atoms with Gasteiger partial charge in [0.1, 0.15) is 6.61 Å². The summed E-state index contributed by atoms with van der Waals surface area (Å²) in [5.74, 6) is -0.862. The van der Waals surface area contributed by atoms with Crippen LogP contribution in [0.5, 0.6) is 0 Å². The molecule has 3 N–H and O–H groups in total. The van der Waals surface area contributed by atoms with E-state index in [-0.39, 0.29) is 32.6 Å². The quantitative estimate of drug-likeness (QED) is 0.0264. The van der Waals surface area contributed by atoms with Crippen LogP contribution in [0.15, 0.2) is 158 Å². The molecule has 0 aliphatic carbocycles. The highest BCUT2D eigenvalue weighted by Crippen LogP contribution is 2.43. The molecule has 87 heavy (non-hydrogen) atoms. The molecule has 9 nitrogen and oxygen atoms in total. The van der Waals surface area contributed by atoms with Crippen molar-refractivity contribution in [1.29, 1.82) is 0 Å². The third-order valence-electron chi connectivity index (χ3n) is 14.4. The zero-order valence-electron chi connectivity index (χ0n) is 55.4. The monoisotopic (exact) mass is 1230 g/mol. The first-order valence-corrected chi connectivity index (χ1v) is 36.5. The third-order valence-corrected chi connectivity index (χ3v) is 15.4. The van der Waals surface area contributed by atoms with E-state index in [9.17, 15) is 19.0 Å². The van der Waals surface area contributed by atoms with Crippen LogP contribution in [-0.2, 0) is 32.7 Å². The Bertz CT molecular complexity index is 1980. The molecular weight excluding hydrogens is 1100 g/mol. The molecule has 0 heterocycles. The summed E-state index contributed by atoms with van der Waals surface area (Å²) < 4.78 is 33.1. The Kier molecular flexibility index (Phi) is 67.2. The number of hydrogen-bond acceptors (Lipinski definition) is 8. The molecule has 2 atom stereocenters. The van der Waals surface area contributed by atoms with Crippen molar-refractivity contribution >= 4 is 19.8 Å². The lowest BCUT2D eigenvalue weighted by Gasteiger charge is -2.19. The average molecular weight is 1230 g/mol. The molecule has 494 valence electrons. The second-order valence-electron chi connectivity index (χ2n) is 22.7. The molecule has 0 spiro atoms. The lowest BCUT2D eigenvalue weighted by molar-refractivity contribution is -0.161. The van der Waals surface area contributed by atoms with Crippen LogP contribution in [0.4, 0.5) is 0 Å². The molecule has 2 unspecified atom stereocenters. The predicted octanol–water partition coefficient (Wildman–Crippen LogP) is 23.2. The summed E-state index contributed by atoms with van der Waals surface area (Å²) in [7, 11) is -4.41. The maximum atomic E-state index is 12.8. The Balaban J connectivity index is 4.00. The number of carbonyl (C=O) groups excluding carboxylic acids is 2. The Morgan fingerprint density at radius 2 is 0.632 bits per heavy atom. The molecule has 0 saturated heterocycles. The van der Waals surface area contributed by atoms with Crippen molar-refractivity contribution in [1.82, 2.24) is 0 Å². The van der Waals surface area contributed by atoms with Crippen molar-refractivity contribution in [2.24, 2.45) is 5.73 Å². The first-order chi connectivity index (χ1) is 42.8. The number of esters is 2. The number of rotatable bonds is 64. The van der Waals surface area contributed by atoms with Crippen LogP contribution in [0.1, 0.15) is 284 Å². The number of ether oxygens (including phenoxy) is 2. The summed E-state index contributed by atoms with van der Waals surface area (Å²) in [5, 5.41) is 0. The molecule has 0 radical (unpaired) electrons. The maximum Gasteiger partial charge on any atom is 0.472 e.